The van der Waals surface area contributed by atoms with E-state index in [0.717, 1.165) is 25.1 Å². The summed E-state index contributed by atoms with van der Waals surface area (Å²) in [6.45, 7) is 1.63. The number of azide groups is 1. The Hall–Kier alpha value is -2.69. The summed E-state index contributed by atoms with van der Waals surface area (Å²) >= 11 is 0. The van der Waals surface area contributed by atoms with E-state index in [1.807, 2.05) is 6.07 Å². The lowest BCUT2D eigenvalue weighted by Crippen LogP contribution is -2.18. The third-order valence-corrected chi connectivity index (χ3v) is 4.72. The molecule has 1 aliphatic carbocycles. The molecular formula is C20H25N5O. The molecule has 1 unspecified atom stereocenters. The molecule has 6 nitrogen and oxygen atoms in total. The lowest BCUT2D eigenvalue weighted by molar-refractivity contribution is 0.328. The number of hydrogen-bond donors (Lipinski definition) is 1. The van der Waals surface area contributed by atoms with Gasteiger partial charge in [0, 0.05) is 37.3 Å². The SMILES string of the molecule is CN(C)c1ccc(CNC2CCc3cc(OCCN=[N+]=[N-])ccc32)cc1. The minimum Gasteiger partial charge on any atom is -0.493 e. The van der Waals surface area contributed by atoms with E-state index in [4.69, 9.17) is 10.3 Å². The first kappa shape index (κ1) is 18.1. The topological polar surface area (TPSA) is 73.3 Å². The van der Waals surface area contributed by atoms with Crippen LogP contribution in [0.1, 0.15) is 29.2 Å². The zero-order valence-electron chi connectivity index (χ0n) is 15.4. The fourth-order valence-electron chi connectivity index (χ4n) is 3.30. The highest BCUT2D eigenvalue weighted by Crippen LogP contribution is 2.33. The molecule has 26 heavy (non-hydrogen) atoms. The van der Waals surface area contributed by atoms with Gasteiger partial charge in [0.15, 0.2) is 0 Å². The Kier molecular flexibility index (Phi) is 6.00. The van der Waals surface area contributed by atoms with E-state index in [9.17, 15) is 0 Å². The predicted molar refractivity (Wildman–Crippen MR) is 105 cm³/mol. The van der Waals surface area contributed by atoms with Crippen LogP contribution in [0.25, 0.3) is 10.4 Å². The molecule has 0 aromatic heterocycles. The maximum atomic E-state index is 8.28. The average molecular weight is 351 g/mol. The number of nitrogens with zero attached hydrogens (tertiary/aromatic N) is 4. The normalized spacial score (nSPS) is 15.2. The van der Waals surface area contributed by atoms with E-state index in [-0.39, 0.29) is 0 Å². The molecule has 0 heterocycles. The van der Waals surface area contributed by atoms with Crippen LogP contribution in [0.4, 0.5) is 5.69 Å². The van der Waals surface area contributed by atoms with Crippen molar-refractivity contribution in [3.63, 3.8) is 0 Å². The van der Waals surface area contributed by atoms with Crippen LogP contribution in [0.3, 0.4) is 0 Å². The van der Waals surface area contributed by atoms with Crippen LogP contribution >= 0.6 is 0 Å². The lowest BCUT2D eigenvalue weighted by Gasteiger charge is -2.16. The number of anilines is 1. The van der Waals surface area contributed by atoms with E-state index in [1.165, 1.54) is 22.4 Å². The molecule has 0 spiro atoms. The van der Waals surface area contributed by atoms with Crippen molar-refractivity contribution in [1.82, 2.24) is 5.32 Å². The number of aryl methyl sites for hydroxylation is 1. The Morgan fingerprint density at radius 2 is 2.04 bits per heavy atom. The summed E-state index contributed by atoms with van der Waals surface area (Å²) in [5, 5.41) is 7.15. The molecule has 1 atom stereocenters. The summed E-state index contributed by atoms with van der Waals surface area (Å²) in [7, 11) is 4.11. The van der Waals surface area contributed by atoms with Crippen LogP contribution < -0.4 is 15.0 Å². The van der Waals surface area contributed by atoms with E-state index >= 15 is 0 Å². The molecule has 0 saturated carbocycles. The van der Waals surface area contributed by atoms with Gasteiger partial charge in [0.25, 0.3) is 0 Å². The summed E-state index contributed by atoms with van der Waals surface area (Å²) < 4.78 is 5.64. The summed E-state index contributed by atoms with van der Waals surface area (Å²) in [6, 6.07) is 15.3. The van der Waals surface area contributed by atoms with Crippen LogP contribution in [-0.2, 0) is 13.0 Å². The Bertz CT molecular complexity index is 781. The van der Waals surface area contributed by atoms with Crippen LogP contribution in [0.15, 0.2) is 47.6 Å². The second-order valence-electron chi connectivity index (χ2n) is 6.70. The zero-order chi connectivity index (χ0) is 18.4. The second-order valence-corrected chi connectivity index (χ2v) is 6.70. The second kappa shape index (κ2) is 8.61. The minimum atomic E-state index is 0.352. The van der Waals surface area contributed by atoms with E-state index in [0.29, 0.717) is 19.2 Å². The summed E-state index contributed by atoms with van der Waals surface area (Å²) in [6.07, 6.45) is 2.16. The van der Waals surface area contributed by atoms with Gasteiger partial charge in [0.2, 0.25) is 0 Å². The number of fused-ring (bicyclic) bond motifs is 1. The molecule has 6 heteroatoms. The van der Waals surface area contributed by atoms with Crippen LogP contribution in [-0.4, -0.2) is 27.2 Å². The smallest absolute Gasteiger partial charge is 0.119 e. The number of ether oxygens (including phenoxy) is 1. The Labute approximate surface area is 154 Å². The third-order valence-electron chi connectivity index (χ3n) is 4.72. The molecule has 0 aliphatic heterocycles. The van der Waals surface area contributed by atoms with E-state index < -0.39 is 0 Å². The molecule has 136 valence electrons. The van der Waals surface area contributed by atoms with Gasteiger partial charge in [-0.05, 0) is 59.3 Å². The molecule has 0 saturated heterocycles. The molecule has 3 rings (SSSR count). The highest BCUT2D eigenvalue weighted by Gasteiger charge is 2.22. The molecule has 0 fully saturated rings. The first-order valence-corrected chi connectivity index (χ1v) is 8.93. The number of nitrogens with one attached hydrogen (secondary N) is 1. The number of rotatable bonds is 8. The van der Waals surface area contributed by atoms with Gasteiger partial charge in [-0.3, -0.25) is 0 Å². The molecule has 2 aromatic carbocycles. The van der Waals surface area contributed by atoms with Gasteiger partial charge < -0.3 is 15.0 Å². The average Bonchev–Trinajstić information content (AvgIpc) is 3.06. The summed E-state index contributed by atoms with van der Waals surface area (Å²) in [5.41, 5.74) is 13.5. The largest absolute Gasteiger partial charge is 0.493 e. The van der Waals surface area contributed by atoms with Gasteiger partial charge in [-0.25, -0.2) is 0 Å². The molecule has 0 bridgehead atoms. The van der Waals surface area contributed by atoms with Crippen molar-refractivity contribution in [3.8, 4) is 5.75 Å². The van der Waals surface area contributed by atoms with Crippen LogP contribution in [0, 0.1) is 0 Å². The maximum Gasteiger partial charge on any atom is 0.119 e. The molecule has 2 aromatic rings. The van der Waals surface area contributed by atoms with Gasteiger partial charge in [-0.2, -0.15) is 0 Å². The van der Waals surface area contributed by atoms with Crippen molar-refractivity contribution in [2.75, 3.05) is 32.1 Å². The zero-order valence-corrected chi connectivity index (χ0v) is 15.4. The van der Waals surface area contributed by atoms with Crippen LogP contribution in [0.5, 0.6) is 5.75 Å². The fraction of sp³-hybridized carbons (Fsp3) is 0.400. The summed E-state index contributed by atoms with van der Waals surface area (Å²) in [5.74, 6) is 0.844. The van der Waals surface area contributed by atoms with Crippen molar-refractivity contribution in [2.45, 2.75) is 25.4 Å². The van der Waals surface area contributed by atoms with E-state index in [1.54, 1.807) is 0 Å². The molecule has 1 N–H and O–H groups in total. The van der Waals surface area contributed by atoms with Gasteiger partial charge in [-0.1, -0.05) is 23.3 Å². The Morgan fingerprint density at radius 1 is 1.23 bits per heavy atom. The molecule has 0 radical (unpaired) electrons. The number of benzene rings is 2. The molecule has 1 aliphatic rings. The lowest BCUT2D eigenvalue weighted by atomic mass is 10.1. The standard InChI is InChI=1S/C20H25N5O/c1-25(2)17-6-3-15(4-7-17)14-22-20-10-5-16-13-18(8-9-19(16)20)26-12-11-23-24-21/h3-4,6-9,13,20,22H,5,10-12,14H2,1-2H3. The quantitative estimate of drug-likeness (QED) is 0.335. The van der Waals surface area contributed by atoms with Gasteiger partial charge >= 0.3 is 0 Å². The van der Waals surface area contributed by atoms with Crippen LogP contribution in [0.2, 0.25) is 0 Å². The first-order chi connectivity index (χ1) is 12.7. The van der Waals surface area contributed by atoms with E-state index in [2.05, 4.69) is 70.7 Å². The third kappa shape index (κ3) is 4.48. The minimum absolute atomic E-state index is 0.352. The predicted octanol–water partition coefficient (Wildman–Crippen LogP) is 4.22. The van der Waals surface area contributed by atoms with Crippen molar-refractivity contribution in [2.24, 2.45) is 5.11 Å². The molecule has 0 amide bonds. The highest BCUT2D eigenvalue weighted by atomic mass is 16.5. The fourth-order valence-corrected chi connectivity index (χ4v) is 3.30. The van der Waals surface area contributed by atoms with Crippen molar-refractivity contribution in [1.29, 1.82) is 0 Å². The van der Waals surface area contributed by atoms with Gasteiger partial charge in [-0.15, -0.1) is 0 Å². The Balaban J connectivity index is 1.56. The molecular weight excluding hydrogens is 326 g/mol. The van der Waals surface area contributed by atoms with Crippen molar-refractivity contribution < 1.29 is 4.74 Å². The van der Waals surface area contributed by atoms with Gasteiger partial charge in [0.1, 0.15) is 5.75 Å². The Morgan fingerprint density at radius 3 is 2.77 bits per heavy atom. The monoisotopic (exact) mass is 351 g/mol. The summed E-state index contributed by atoms with van der Waals surface area (Å²) in [4.78, 5) is 4.84. The maximum absolute atomic E-state index is 8.28. The number of hydrogen-bond acceptors (Lipinski definition) is 4. The highest BCUT2D eigenvalue weighted by molar-refractivity contribution is 5.46. The first-order valence-electron chi connectivity index (χ1n) is 8.93. The van der Waals surface area contributed by atoms with Gasteiger partial charge in [0.05, 0.1) is 13.2 Å². The van der Waals surface area contributed by atoms with Crippen molar-refractivity contribution >= 4 is 5.69 Å². The van der Waals surface area contributed by atoms with Crippen molar-refractivity contribution in [3.05, 3.63) is 69.6 Å².